The highest BCUT2D eigenvalue weighted by Crippen LogP contribution is 2.20. The van der Waals surface area contributed by atoms with Crippen LogP contribution in [0.15, 0.2) is 22.8 Å². The van der Waals surface area contributed by atoms with Gasteiger partial charge in [-0.25, -0.2) is 0 Å². The van der Waals surface area contributed by atoms with Crippen molar-refractivity contribution < 1.29 is 4.74 Å². The molecule has 0 fully saturated rings. The van der Waals surface area contributed by atoms with E-state index in [0.29, 0.717) is 6.61 Å². The van der Waals surface area contributed by atoms with Gasteiger partial charge in [-0.15, -0.1) is 0 Å². The van der Waals surface area contributed by atoms with Gasteiger partial charge < -0.3 is 4.74 Å². The van der Waals surface area contributed by atoms with E-state index in [-0.39, 0.29) is 6.10 Å². The van der Waals surface area contributed by atoms with Crippen LogP contribution in [0.25, 0.3) is 0 Å². The van der Waals surface area contributed by atoms with Crippen LogP contribution in [0.2, 0.25) is 0 Å². The van der Waals surface area contributed by atoms with Crippen LogP contribution in [0, 0.1) is 0 Å². The fourth-order valence-corrected chi connectivity index (χ4v) is 1.34. The lowest BCUT2D eigenvalue weighted by atomic mass is 10.1. The van der Waals surface area contributed by atoms with Crippen molar-refractivity contribution in [2.24, 2.45) is 0 Å². The predicted octanol–water partition coefficient (Wildman–Crippen LogP) is 3.50. The van der Waals surface area contributed by atoms with Crippen LogP contribution in [-0.4, -0.2) is 12.7 Å². The summed E-state index contributed by atoms with van der Waals surface area (Å²) in [5.74, 6) is 0. The molecule has 0 aliphatic heterocycles. The maximum absolute atomic E-state index is 5.97. The molecule has 70 valence electrons. The zero-order chi connectivity index (χ0) is 9.56. The Morgan fingerprint density at radius 2 is 2.00 bits per heavy atom. The molecule has 0 saturated heterocycles. The summed E-state index contributed by atoms with van der Waals surface area (Å²) in [5.41, 5.74) is 1.06. The van der Waals surface area contributed by atoms with Crippen LogP contribution in [0.3, 0.4) is 0 Å². The van der Waals surface area contributed by atoms with Gasteiger partial charge in [-0.3, -0.25) is 0 Å². The molecule has 0 aliphatic carbocycles. The lowest BCUT2D eigenvalue weighted by Gasteiger charge is -2.14. The maximum Gasteiger partial charge on any atom is 0.0807 e. The average molecular weight is 189 g/mol. The topological polar surface area (TPSA) is 9.23 Å². The molecule has 12 heavy (non-hydrogen) atoms. The molecule has 0 rings (SSSR count). The van der Waals surface area contributed by atoms with Crippen molar-refractivity contribution in [3.05, 3.63) is 22.8 Å². The van der Waals surface area contributed by atoms with Crippen LogP contribution in [0.5, 0.6) is 0 Å². The first-order valence-electron chi connectivity index (χ1n) is 4.27. The average Bonchev–Trinajstić information content (AvgIpc) is 2.06. The first-order valence-corrected chi connectivity index (χ1v) is 4.65. The Morgan fingerprint density at radius 1 is 1.42 bits per heavy atom. The Bertz CT molecular complexity index is 182. The van der Waals surface area contributed by atoms with Gasteiger partial charge in [0.05, 0.1) is 6.10 Å². The molecule has 0 amide bonds. The monoisotopic (exact) mass is 188 g/mol. The van der Waals surface area contributed by atoms with Crippen LogP contribution >= 0.6 is 11.6 Å². The standard InChI is InChI=1S/C10H17ClO/c1-5-9(10(11)6-2)8(4)12-7-3/h5-6,8H,7H2,1-4H3/b9-5-,10-6+. The molecule has 1 unspecified atom stereocenters. The third kappa shape index (κ3) is 3.42. The highest BCUT2D eigenvalue weighted by molar-refractivity contribution is 6.32. The molecule has 1 atom stereocenters. The first kappa shape index (κ1) is 11.7. The Labute approximate surface area is 80.1 Å². The van der Waals surface area contributed by atoms with Gasteiger partial charge in [0, 0.05) is 11.6 Å². The molecule has 0 N–H and O–H groups in total. The van der Waals surface area contributed by atoms with Crippen molar-refractivity contribution in [3.8, 4) is 0 Å². The molecule has 1 nitrogen and oxygen atoms in total. The Morgan fingerprint density at radius 3 is 2.33 bits per heavy atom. The number of halogens is 1. The first-order chi connectivity index (χ1) is 5.67. The van der Waals surface area contributed by atoms with Crippen LogP contribution in [-0.2, 0) is 4.74 Å². The highest BCUT2D eigenvalue weighted by atomic mass is 35.5. The molecule has 0 saturated carbocycles. The van der Waals surface area contributed by atoms with Crippen molar-refractivity contribution in [1.82, 2.24) is 0 Å². The van der Waals surface area contributed by atoms with E-state index in [2.05, 4.69) is 0 Å². The smallest absolute Gasteiger partial charge is 0.0807 e. The van der Waals surface area contributed by atoms with E-state index in [1.54, 1.807) is 0 Å². The van der Waals surface area contributed by atoms with Crippen molar-refractivity contribution in [2.75, 3.05) is 6.61 Å². The summed E-state index contributed by atoms with van der Waals surface area (Å²) in [6, 6.07) is 0. The van der Waals surface area contributed by atoms with Crippen LogP contribution in [0.1, 0.15) is 27.7 Å². The van der Waals surface area contributed by atoms with Crippen molar-refractivity contribution in [3.63, 3.8) is 0 Å². The number of hydrogen-bond donors (Lipinski definition) is 0. The zero-order valence-corrected chi connectivity index (χ0v) is 8.98. The second kappa shape index (κ2) is 6.27. The fraction of sp³-hybridized carbons (Fsp3) is 0.600. The number of allylic oxidation sites excluding steroid dienone is 2. The van der Waals surface area contributed by atoms with E-state index in [4.69, 9.17) is 16.3 Å². The SMILES string of the molecule is C/C=C(\C(Cl)=C/C)C(C)OCC. The van der Waals surface area contributed by atoms with Crippen LogP contribution in [0.4, 0.5) is 0 Å². The highest BCUT2D eigenvalue weighted by Gasteiger charge is 2.09. The predicted molar refractivity (Wildman–Crippen MR) is 54.5 cm³/mol. The minimum atomic E-state index is 0.0868. The van der Waals surface area contributed by atoms with E-state index < -0.39 is 0 Å². The second-order valence-corrected chi connectivity index (χ2v) is 2.89. The molecule has 2 heteroatoms. The van der Waals surface area contributed by atoms with E-state index in [9.17, 15) is 0 Å². The summed E-state index contributed by atoms with van der Waals surface area (Å²) in [5, 5.41) is 0.776. The normalized spacial score (nSPS) is 16.4. The van der Waals surface area contributed by atoms with Gasteiger partial charge in [0.1, 0.15) is 0 Å². The second-order valence-electron chi connectivity index (χ2n) is 2.48. The van der Waals surface area contributed by atoms with Gasteiger partial charge in [-0.2, -0.15) is 0 Å². The third-order valence-electron chi connectivity index (χ3n) is 1.69. The molecule has 0 aliphatic rings. The summed E-state index contributed by atoms with van der Waals surface area (Å²) in [6.07, 6.45) is 3.96. The summed E-state index contributed by atoms with van der Waals surface area (Å²) < 4.78 is 5.42. The van der Waals surface area contributed by atoms with E-state index in [1.807, 2.05) is 39.8 Å². The fourth-order valence-electron chi connectivity index (χ4n) is 1.07. The Hall–Kier alpha value is -0.270. The van der Waals surface area contributed by atoms with Crippen LogP contribution < -0.4 is 0 Å². The Kier molecular flexibility index (Phi) is 6.13. The van der Waals surface area contributed by atoms with E-state index in [1.165, 1.54) is 0 Å². The van der Waals surface area contributed by atoms with Gasteiger partial charge in [-0.05, 0) is 33.3 Å². The van der Waals surface area contributed by atoms with Crippen molar-refractivity contribution in [2.45, 2.75) is 33.8 Å². The van der Waals surface area contributed by atoms with Gasteiger partial charge in [0.2, 0.25) is 0 Å². The zero-order valence-electron chi connectivity index (χ0n) is 8.23. The molecule has 0 heterocycles. The minimum Gasteiger partial charge on any atom is -0.374 e. The van der Waals surface area contributed by atoms with E-state index in [0.717, 1.165) is 10.6 Å². The summed E-state index contributed by atoms with van der Waals surface area (Å²) in [4.78, 5) is 0. The third-order valence-corrected chi connectivity index (χ3v) is 2.13. The largest absolute Gasteiger partial charge is 0.374 e. The number of ether oxygens (including phenoxy) is 1. The maximum atomic E-state index is 5.97. The Balaban J connectivity index is 4.36. The van der Waals surface area contributed by atoms with E-state index >= 15 is 0 Å². The van der Waals surface area contributed by atoms with Crippen molar-refractivity contribution in [1.29, 1.82) is 0 Å². The quantitative estimate of drug-likeness (QED) is 0.614. The molecular weight excluding hydrogens is 172 g/mol. The van der Waals surface area contributed by atoms with Crippen molar-refractivity contribution >= 4 is 11.6 Å². The molecule has 0 aromatic heterocycles. The number of rotatable bonds is 4. The molecule has 0 radical (unpaired) electrons. The molecule has 0 spiro atoms. The van der Waals surface area contributed by atoms with Gasteiger partial charge in [-0.1, -0.05) is 23.8 Å². The lowest BCUT2D eigenvalue weighted by Crippen LogP contribution is -2.11. The molecule has 0 aromatic rings. The van der Waals surface area contributed by atoms with Gasteiger partial charge >= 0.3 is 0 Å². The molecule has 0 aromatic carbocycles. The van der Waals surface area contributed by atoms with Gasteiger partial charge in [0.15, 0.2) is 0 Å². The van der Waals surface area contributed by atoms with Gasteiger partial charge in [0.25, 0.3) is 0 Å². The summed E-state index contributed by atoms with van der Waals surface area (Å²) in [7, 11) is 0. The molecule has 0 bridgehead atoms. The molecular formula is C10H17ClO. The number of hydrogen-bond acceptors (Lipinski definition) is 1. The minimum absolute atomic E-state index is 0.0868. The summed E-state index contributed by atoms with van der Waals surface area (Å²) >= 11 is 5.97. The lowest BCUT2D eigenvalue weighted by molar-refractivity contribution is 0.103. The summed E-state index contributed by atoms with van der Waals surface area (Å²) in [6.45, 7) is 8.59.